The Morgan fingerprint density at radius 3 is 2.18 bits per heavy atom. The van der Waals surface area contributed by atoms with Gasteiger partial charge in [-0.25, -0.2) is 0 Å². The molecule has 1 fully saturated rings. The molecule has 0 saturated carbocycles. The van der Waals surface area contributed by atoms with Crippen LogP contribution in [-0.4, -0.2) is 31.1 Å². The fraction of sp³-hybridized carbons (Fsp3) is 0.600. The maximum atomic E-state index is 6.45. The van der Waals surface area contributed by atoms with Gasteiger partial charge in [0.2, 0.25) is 0 Å². The minimum Gasteiger partial charge on any atom is -0.314 e. The van der Waals surface area contributed by atoms with E-state index >= 15 is 0 Å². The van der Waals surface area contributed by atoms with E-state index in [4.69, 9.17) is 34.8 Å². The van der Waals surface area contributed by atoms with Crippen molar-refractivity contribution >= 4 is 59.6 Å². The lowest BCUT2D eigenvalue weighted by atomic mass is 9.90. The second-order valence-corrected chi connectivity index (χ2v) is 6.57. The lowest BCUT2D eigenvalue weighted by molar-refractivity contribution is 0.128. The first kappa shape index (κ1) is 22.6. The smallest absolute Gasteiger partial charge is 0.0655 e. The molecule has 0 bridgehead atoms. The quantitative estimate of drug-likeness (QED) is 0.664. The highest BCUT2D eigenvalue weighted by molar-refractivity contribution is 6.44. The van der Waals surface area contributed by atoms with Crippen LogP contribution in [0.5, 0.6) is 0 Å². The highest BCUT2D eigenvalue weighted by Gasteiger charge is 2.30. The zero-order chi connectivity index (χ0) is 14.7. The number of piperazine rings is 1. The molecule has 2 atom stereocenters. The van der Waals surface area contributed by atoms with Gasteiger partial charge in [-0.3, -0.25) is 4.90 Å². The third-order valence-corrected chi connectivity index (χ3v) is 5.25. The van der Waals surface area contributed by atoms with Crippen molar-refractivity contribution < 1.29 is 0 Å². The summed E-state index contributed by atoms with van der Waals surface area (Å²) >= 11 is 19.1. The topological polar surface area (TPSA) is 15.3 Å². The van der Waals surface area contributed by atoms with Crippen LogP contribution in [0.3, 0.4) is 0 Å². The number of halogens is 5. The Morgan fingerprint density at radius 2 is 1.64 bits per heavy atom. The van der Waals surface area contributed by atoms with Gasteiger partial charge < -0.3 is 5.32 Å². The lowest BCUT2D eigenvalue weighted by Gasteiger charge is -2.39. The Balaban J connectivity index is 0.00000220. The molecule has 2 rings (SSSR count). The van der Waals surface area contributed by atoms with Crippen LogP contribution < -0.4 is 5.32 Å². The molecule has 0 radical (unpaired) electrons. The van der Waals surface area contributed by atoms with Gasteiger partial charge in [0.15, 0.2) is 0 Å². The van der Waals surface area contributed by atoms with Gasteiger partial charge >= 0.3 is 0 Å². The first-order valence-electron chi connectivity index (χ1n) is 7.14. The van der Waals surface area contributed by atoms with E-state index in [1.54, 1.807) is 6.07 Å². The monoisotopic (exact) mass is 406 g/mol. The SMILES string of the molecule is CCC(C)[C@@H](c1c(Cl)ccc(Cl)c1Cl)N1CCNCC1.Cl.Cl. The molecule has 1 aromatic carbocycles. The van der Waals surface area contributed by atoms with Gasteiger partial charge in [0.1, 0.15) is 0 Å². The number of hydrogen-bond acceptors (Lipinski definition) is 2. The average molecular weight is 409 g/mol. The summed E-state index contributed by atoms with van der Waals surface area (Å²) in [6.07, 6.45) is 1.08. The van der Waals surface area contributed by atoms with E-state index in [1.807, 2.05) is 6.07 Å². The molecule has 1 saturated heterocycles. The van der Waals surface area contributed by atoms with Crippen molar-refractivity contribution in [1.82, 2.24) is 10.2 Å². The van der Waals surface area contributed by atoms with Crippen LogP contribution in [0.4, 0.5) is 0 Å². The highest BCUT2D eigenvalue weighted by Crippen LogP contribution is 2.42. The van der Waals surface area contributed by atoms with Gasteiger partial charge in [0.25, 0.3) is 0 Å². The molecule has 1 unspecified atom stereocenters. The second kappa shape index (κ2) is 10.5. The summed E-state index contributed by atoms with van der Waals surface area (Å²) in [5, 5.41) is 5.27. The summed E-state index contributed by atoms with van der Waals surface area (Å²) in [6.45, 7) is 8.47. The Labute approximate surface area is 160 Å². The van der Waals surface area contributed by atoms with Crippen molar-refractivity contribution in [2.45, 2.75) is 26.3 Å². The number of hydrogen-bond donors (Lipinski definition) is 1. The first-order valence-corrected chi connectivity index (χ1v) is 8.27. The van der Waals surface area contributed by atoms with E-state index < -0.39 is 0 Å². The summed E-state index contributed by atoms with van der Waals surface area (Å²) in [5.74, 6) is 0.474. The van der Waals surface area contributed by atoms with Gasteiger partial charge in [0.05, 0.1) is 10.0 Å². The van der Waals surface area contributed by atoms with Gasteiger partial charge in [-0.15, -0.1) is 24.8 Å². The number of nitrogens with zero attached hydrogens (tertiary/aromatic N) is 1. The molecule has 1 aromatic rings. The average Bonchev–Trinajstić information content (AvgIpc) is 2.48. The van der Waals surface area contributed by atoms with Crippen LogP contribution in [0, 0.1) is 5.92 Å². The molecule has 1 heterocycles. The zero-order valence-corrected chi connectivity index (χ0v) is 16.6. The molecule has 1 N–H and O–H groups in total. The maximum Gasteiger partial charge on any atom is 0.0655 e. The van der Waals surface area contributed by atoms with Crippen LogP contribution in [-0.2, 0) is 0 Å². The third kappa shape index (κ3) is 5.04. The highest BCUT2D eigenvalue weighted by atomic mass is 35.5. The number of benzene rings is 1. The van der Waals surface area contributed by atoms with E-state index in [0.29, 0.717) is 21.0 Å². The standard InChI is InChI=1S/C15H21Cl3N2.2ClH/c1-3-10(2)15(20-8-6-19-7-9-20)13-11(16)4-5-12(17)14(13)18;;/h4-5,10,15,19H,3,6-9H2,1-2H3;2*1H/t10?,15-;;/m0../s1. The third-order valence-electron chi connectivity index (χ3n) is 4.10. The molecule has 1 aliphatic rings. The molecule has 22 heavy (non-hydrogen) atoms. The minimum absolute atomic E-state index is 0. The summed E-state index contributed by atoms with van der Waals surface area (Å²) in [5.41, 5.74) is 0.983. The summed E-state index contributed by atoms with van der Waals surface area (Å²) < 4.78 is 0. The number of nitrogens with one attached hydrogen (secondary N) is 1. The molecule has 0 aliphatic carbocycles. The van der Waals surface area contributed by atoms with Gasteiger partial charge in [0, 0.05) is 42.8 Å². The fourth-order valence-electron chi connectivity index (χ4n) is 2.82. The molecule has 128 valence electrons. The lowest BCUT2D eigenvalue weighted by Crippen LogP contribution is -2.46. The van der Waals surface area contributed by atoms with Crippen molar-refractivity contribution in [2.75, 3.05) is 26.2 Å². The Morgan fingerprint density at radius 1 is 1.09 bits per heavy atom. The summed E-state index contributed by atoms with van der Waals surface area (Å²) in [4.78, 5) is 2.47. The molecular formula is C15H23Cl5N2. The molecule has 0 amide bonds. The Kier molecular flexibility index (Phi) is 10.7. The van der Waals surface area contributed by atoms with Crippen LogP contribution >= 0.6 is 59.6 Å². The van der Waals surface area contributed by atoms with Gasteiger partial charge in [-0.1, -0.05) is 55.1 Å². The molecule has 1 aliphatic heterocycles. The Bertz CT molecular complexity index is 463. The molecule has 2 nitrogen and oxygen atoms in total. The fourth-order valence-corrected chi connectivity index (χ4v) is 3.58. The molecule has 7 heteroatoms. The predicted molar refractivity (Wildman–Crippen MR) is 103 cm³/mol. The largest absolute Gasteiger partial charge is 0.314 e. The summed E-state index contributed by atoms with van der Waals surface area (Å²) in [7, 11) is 0. The summed E-state index contributed by atoms with van der Waals surface area (Å²) in [6, 6.07) is 3.84. The molecule has 0 spiro atoms. The molecule has 0 aromatic heterocycles. The normalized spacial score (nSPS) is 18.0. The van der Waals surface area contributed by atoms with E-state index in [9.17, 15) is 0 Å². The van der Waals surface area contributed by atoms with Crippen molar-refractivity contribution in [3.05, 3.63) is 32.8 Å². The van der Waals surface area contributed by atoms with E-state index in [-0.39, 0.29) is 30.9 Å². The van der Waals surface area contributed by atoms with Crippen LogP contribution in [0.2, 0.25) is 15.1 Å². The van der Waals surface area contributed by atoms with Crippen molar-refractivity contribution in [1.29, 1.82) is 0 Å². The van der Waals surface area contributed by atoms with Crippen LogP contribution in [0.15, 0.2) is 12.1 Å². The maximum absolute atomic E-state index is 6.45. The van der Waals surface area contributed by atoms with Crippen LogP contribution in [0.25, 0.3) is 0 Å². The number of rotatable bonds is 4. The van der Waals surface area contributed by atoms with E-state index in [2.05, 4.69) is 24.1 Å². The van der Waals surface area contributed by atoms with Gasteiger partial charge in [-0.2, -0.15) is 0 Å². The van der Waals surface area contributed by atoms with E-state index in [1.165, 1.54) is 0 Å². The second-order valence-electron chi connectivity index (χ2n) is 5.37. The van der Waals surface area contributed by atoms with Gasteiger partial charge in [-0.05, 0) is 18.1 Å². The van der Waals surface area contributed by atoms with Crippen molar-refractivity contribution in [2.24, 2.45) is 5.92 Å². The minimum atomic E-state index is 0. The predicted octanol–water partition coefficient (Wildman–Crippen LogP) is 5.48. The van der Waals surface area contributed by atoms with E-state index in [0.717, 1.165) is 38.2 Å². The first-order chi connectivity index (χ1) is 9.56. The van der Waals surface area contributed by atoms with Crippen LogP contribution in [0.1, 0.15) is 31.9 Å². The molecular weight excluding hydrogens is 385 g/mol. The zero-order valence-electron chi connectivity index (χ0n) is 12.7. The van der Waals surface area contributed by atoms with Crippen molar-refractivity contribution in [3.8, 4) is 0 Å². The van der Waals surface area contributed by atoms with Crippen molar-refractivity contribution in [3.63, 3.8) is 0 Å². The Hall–Kier alpha value is 0.590.